The second-order valence-electron chi connectivity index (χ2n) is 5.12. The van der Waals surface area contributed by atoms with Gasteiger partial charge in [0.25, 0.3) is 5.91 Å². The highest BCUT2D eigenvalue weighted by atomic mass is 32.2. The van der Waals surface area contributed by atoms with E-state index in [1.165, 1.54) is 0 Å². The fourth-order valence-corrected chi connectivity index (χ4v) is 3.21. The van der Waals surface area contributed by atoms with E-state index in [1.807, 2.05) is 21.2 Å². The molecule has 5 nitrogen and oxygen atoms in total. The van der Waals surface area contributed by atoms with E-state index >= 15 is 0 Å². The molecule has 1 aromatic rings. The van der Waals surface area contributed by atoms with Gasteiger partial charge in [0.1, 0.15) is 5.69 Å². The number of imidazole rings is 1. The number of carbonyl (C=O) groups excluding carboxylic acids is 1. The zero-order chi connectivity index (χ0) is 13.2. The Hall–Kier alpha value is -1.01. The van der Waals surface area contributed by atoms with Crippen LogP contribution in [-0.4, -0.2) is 50.5 Å². The Kier molecular flexibility index (Phi) is 3.97. The van der Waals surface area contributed by atoms with Gasteiger partial charge in [-0.05, 0) is 13.8 Å². The van der Waals surface area contributed by atoms with Gasteiger partial charge in [-0.2, -0.15) is 11.8 Å². The third-order valence-corrected chi connectivity index (χ3v) is 4.25. The molecule has 2 rings (SSSR count). The largest absolute Gasteiger partial charge is 0.335 e. The predicted octanol–water partition coefficient (Wildman–Crippen LogP) is 0.809. The quantitative estimate of drug-likeness (QED) is 0.881. The van der Waals surface area contributed by atoms with Crippen molar-refractivity contribution in [3.8, 4) is 0 Å². The van der Waals surface area contributed by atoms with Crippen LogP contribution >= 0.6 is 11.8 Å². The van der Waals surface area contributed by atoms with Gasteiger partial charge < -0.3 is 15.2 Å². The molecule has 0 aliphatic carbocycles. The first-order chi connectivity index (χ1) is 8.52. The van der Waals surface area contributed by atoms with Crippen molar-refractivity contribution >= 4 is 17.7 Å². The van der Waals surface area contributed by atoms with Gasteiger partial charge >= 0.3 is 0 Å². The number of rotatable bonds is 3. The van der Waals surface area contributed by atoms with Crippen LogP contribution in [0.15, 0.2) is 12.5 Å². The third kappa shape index (κ3) is 3.05. The predicted molar refractivity (Wildman–Crippen MR) is 73.7 cm³/mol. The topological polar surface area (TPSA) is 64.2 Å². The summed E-state index contributed by atoms with van der Waals surface area (Å²) >= 11 is 1.91. The van der Waals surface area contributed by atoms with E-state index in [4.69, 9.17) is 5.73 Å². The molecule has 0 unspecified atom stereocenters. The molecule has 2 N–H and O–H groups in total. The summed E-state index contributed by atoms with van der Waals surface area (Å²) < 4.78 is 1.99. The van der Waals surface area contributed by atoms with E-state index in [9.17, 15) is 4.79 Å². The van der Waals surface area contributed by atoms with Crippen LogP contribution < -0.4 is 5.73 Å². The first-order valence-corrected chi connectivity index (χ1v) is 7.15. The lowest BCUT2D eigenvalue weighted by Gasteiger charge is -2.37. The molecule has 2 heterocycles. The highest BCUT2D eigenvalue weighted by molar-refractivity contribution is 8.00. The minimum Gasteiger partial charge on any atom is -0.335 e. The number of nitrogens with two attached hydrogens (primary N) is 1. The van der Waals surface area contributed by atoms with E-state index in [-0.39, 0.29) is 10.7 Å². The summed E-state index contributed by atoms with van der Waals surface area (Å²) in [6, 6.07) is 0. The summed E-state index contributed by atoms with van der Waals surface area (Å²) in [5, 5.41) is 0. The monoisotopic (exact) mass is 268 g/mol. The van der Waals surface area contributed by atoms with Gasteiger partial charge in [0.15, 0.2) is 0 Å². The zero-order valence-electron chi connectivity index (χ0n) is 10.9. The van der Waals surface area contributed by atoms with Crippen LogP contribution in [0.4, 0.5) is 0 Å². The summed E-state index contributed by atoms with van der Waals surface area (Å²) in [7, 11) is 0. The Morgan fingerprint density at radius 1 is 1.61 bits per heavy atom. The molecular weight excluding hydrogens is 248 g/mol. The Morgan fingerprint density at radius 3 is 3.06 bits per heavy atom. The van der Waals surface area contributed by atoms with Crippen molar-refractivity contribution in [1.82, 2.24) is 14.5 Å². The fraction of sp³-hybridized carbons (Fsp3) is 0.667. The highest BCUT2D eigenvalue weighted by Gasteiger charge is 2.30. The van der Waals surface area contributed by atoms with Crippen molar-refractivity contribution in [2.75, 3.05) is 25.4 Å². The van der Waals surface area contributed by atoms with Crippen LogP contribution in [0.3, 0.4) is 0 Å². The molecule has 0 spiro atoms. The summed E-state index contributed by atoms with van der Waals surface area (Å²) in [6.07, 6.45) is 3.45. The average molecular weight is 268 g/mol. The molecule has 18 heavy (non-hydrogen) atoms. The van der Waals surface area contributed by atoms with Crippen molar-refractivity contribution in [3.05, 3.63) is 18.2 Å². The third-order valence-electron chi connectivity index (χ3n) is 2.95. The number of carbonyl (C=O) groups is 1. The molecular formula is C12H20N4OS. The SMILES string of the molecule is CC1(C)CN(C(=O)c2cn(CCN)cn2)CCS1. The van der Waals surface area contributed by atoms with Gasteiger partial charge in [-0.25, -0.2) is 4.98 Å². The maximum atomic E-state index is 12.3. The van der Waals surface area contributed by atoms with E-state index in [2.05, 4.69) is 18.8 Å². The second kappa shape index (κ2) is 5.32. The van der Waals surface area contributed by atoms with E-state index in [0.29, 0.717) is 18.8 Å². The Bertz CT molecular complexity index is 429. The van der Waals surface area contributed by atoms with E-state index in [1.54, 1.807) is 12.5 Å². The molecule has 1 amide bonds. The molecule has 100 valence electrons. The lowest BCUT2D eigenvalue weighted by molar-refractivity contribution is 0.0742. The molecule has 0 atom stereocenters. The first-order valence-electron chi connectivity index (χ1n) is 6.17. The maximum Gasteiger partial charge on any atom is 0.274 e. The standard InChI is InChI=1S/C12H20N4OS/c1-12(2)8-16(5-6-18-12)11(17)10-7-15(4-3-13)9-14-10/h7,9H,3-6,8,13H2,1-2H3. The minimum atomic E-state index is 0.0270. The van der Waals surface area contributed by atoms with Crippen molar-refractivity contribution in [2.45, 2.75) is 25.1 Å². The summed E-state index contributed by atoms with van der Waals surface area (Å²) in [4.78, 5) is 18.4. The van der Waals surface area contributed by atoms with Gasteiger partial charge in [0.2, 0.25) is 0 Å². The van der Waals surface area contributed by atoms with Crippen LogP contribution in [0.2, 0.25) is 0 Å². The van der Waals surface area contributed by atoms with Crippen LogP contribution in [0.1, 0.15) is 24.3 Å². The van der Waals surface area contributed by atoms with Gasteiger partial charge in [-0.3, -0.25) is 4.79 Å². The van der Waals surface area contributed by atoms with Crippen molar-refractivity contribution < 1.29 is 4.79 Å². The summed E-state index contributed by atoms with van der Waals surface area (Å²) in [6.45, 7) is 7.17. The van der Waals surface area contributed by atoms with Crippen LogP contribution in [0, 0.1) is 0 Å². The van der Waals surface area contributed by atoms with Gasteiger partial charge in [0.05, 0.1) is 6.33 Å². The molecule has 0 saturated carbocycles. The Morgan fingerprint density at radius 2 is 2.39 bits per heavy atom. The van der Waals surface area contributed by atoms with Crippen molar-refractivity contribution in [1.29, 1.82) is 0 Å². The fourth-order valence-electron chi connectivity index (χ4n) is 2.09. The van der Waals surface area contributed by atoms with Crippen molar-refractivity contribution in [2.24, 2.45) is 5.73 Å². The summed E-state index contributed by atoms with van der Waals surface area (Å²) in [5.41, 5.74) is 6.00. The first kappa shape index (κ1) is 13.4. The van der Waals surface area contributed by atoms with Crippen LogP contribution in [0.5, 0.6) is 0 Å². The minimum absolute atomic E-state index is 0.0270. The molecule has 0 radical (unpaired) electrons. The molecule has 0 bridgehead atoms. The molecule has 1 aromatic heterocycles. The number of amides is 1. The summed E-state index contributed by atoms with van der Waals surface area (Å²) in [5.74, 6) is 1.02. The Labute approximate surface area is 112 Å². The smallest absolute Gasteiger partial charge is 0.274 e. The molecule has 1 fully saturated rings. The van der Waals surface area contributed by atoms with E-state index < -0.39 is 0 Å². The molecule has 0 aromatic carbocycles. The van der Waals surface area contributed by atoms with Crippen LogP contribution in [-0.2, 0) is 6.54 Å². The molecule has 6 heteroatoms. The number of hydrogen-bond acceptors (Lipinski definition) is 4. The number of hydrogen-bond donors (Lipinski definition) is 1. The number of nitrogens with zero attached hydrogens (tertiary/aromatic N) is 3. The van der Waals surface area contributed by atoms with E-state index in [0.717, 1.165) is 18.8 Å². The van der Waals surface area contributed by atoms with Crippen molar-refractivity contribution in [3.63, 3.8) is 0 Å². The lowest BCUT2D eigenvalue weighted by Crippen LogP contribution is -2.46. The molecule has 1 aliphatic heterocycles. The second-order valence-corrected chi connectivity index (χ2v) is 6.92. The average Bonchev–Trinajstić information content (AvgIpc) is 2.76. The Balaban J connectivity index is 2.05. The number of aromatic nitrogens is 2. The van der Waals surface area contributed by atoms with Gasteiger partial charge in [0, 0.05) is 42.9 Å². The maximum absolute atomic E-state index is 12.3. The van der Waals surface area contributed by atoms with Gasteiger partial charge in [-0.1, -0.05) is 0 Å². The molecule has 1 saturated heterocycles. The highest BCUT2D eigenvalue weighted by Crippen LogP contribution is 2.29. The number of thioether (sulfide) groups is 1. The van der Waals surface area contributed by atoms with Crippen LogP contribution in [0.25, 0.3) is 0 Å². The molecule has 1 aliphatic rings. The zero-order valence-corrected chi connectivity index (χ0v) is 11.7. The normalized spacial score (nSPS) is 18.9. The van der Waals surface area contributed by atoms with Gasteiger partial charge in [-0.15, -0.1) is 0 Å². The lowest BCUT2D eigenvalue weighted by atomic mass is 10.2.